The summed E-state index contributed by atoms with van der Waals surface area (Å²) in [5.74, 6) is 0. The molecule has 0 bridgehead atoms. The van der Waals surface area contributed by atoms with E-state index in [1.54, 1.807) is 11.3 Å². The van der Waals surface area contributed by atoms with E-state index in [9.17, 15) is 5.11 Å². The Kier molecular flexibility index (Phi) is 3.95. The summed E-state index contributed by atoms with van der Waals surface area (Å²) in [5, 5.41) is 10.5. The predicted molar refractivity (Wildman–Crippen MR) is 81.5 cm³/mol. The van der Waals surface area contributed by atoms with Crippen molar-refractivity contribution in [3.05, 3.63) is 54.7 Å². The first-order chi connectivity index (χ1) is 8.40. The van der Waals surface area contributed by atoms with Crippen molar-refractivity contribution in [2.75, 3.05) is 0 Å². The average molecular weight is 325 g/mol. The molecule has 0 fully saturated rings. The topological polar surface area (TPSA) is 20.2 Å². The van der Waals surface area contributed by atoms with E-state index in [0.717, 1.165) is 19.8 Å². The fraction of sp³-hybridized carbons (Fsp3) is 0.333. The van der Waals surface area contributed by atoms with Crippen LogP contribution in [-0.2, 0) is 0 Å². The van der Waals surface area contributed by atoms with Crippen molar-refractivity contribution < 1.29 is 5.11 Å². The second-order valence-corrected chi connectivity index (χ2v) is 7.20. The predicted octanol–water partition coefficient (Wildman–Crippen LogP) is 4.83. The van der Waals surface area contributed by atoms with Crippen LogP contribution in [0.3, 0.4) is 0 Å². The minimum Gasteiger partial charge on any atom is -0.383 e. The molecule has 2 aromatic rings. The third-order valence-electron chi connectivity index (χ3n) is 3.32. The molecule has 2 rings (SSSR count). The van der Waals surface area contributed by atoms with Crippen LogP contribution in [0.4, 0.5) is 0 Å². The second-order valence-electron chi connectivity index (χ2n) is 4.80. The zero-order valence-corrected chi connectivity index (χ0v) is 13.4. The summed E-state index contributed by atoms with van der Waals surface area (Å²) in [6.45, 7) is 8.29. The lowest BCUT2D eigenvalue weighted by atomic mass is 9.96. The van der Waals surface area contributed by atoms with E-state index in [1.165, 1.54) is 16.7 Å². The first-order valence-corrected chi connectivity index (χ1v) is 7.52. The van der Waals surface area contributed by atoms with Gasteiger partial charge in [-0.3, -0.25) is 0 Å². The number of halogens is 1. The average Bonchev–Trinajstić information content (AvgIpc) is 2.63. The molecule has 1 heterocycles. The number of hydrogen-bond donors (Lipinski definition) is 1. The quantitative estimate of drug-likeness (QED) is 0.839. The number of aliphatic hydroxyl groups is 1. The first-order valence-electron chi connectivity index (χ1n) is 5.91. The van der Waals surface area contributed by atoms with Gasteiger partial charge < -0.3 is 5.11 Å². The maximum absolute atomic E-state index is 10.5. The molecule has 0 radical (unpaired) electrons. The molecule has 0 amide bonds. The largest absolute Gasteiger partial charge is 0.383 e. The van der Waals surface area contributed by atoms with Crippen LogP contribution in [0.25, 0.3) is 0 Å². The molecule has 1 unspecified atom stereocenters. The summed E-state index contributed by atoms with van der Waals surface area (Å²) >= 11 is 5.11. The molecule has 1 N–H and O–H groups in total. The molecule has 1 aromatic carbocycles. The lowest BCUT2D eigenvalue weighted by Gasteiger charge is -2.14. The Morgan fingerprint density at radius 1 is 0.944 bits per heavy atom. The summed E-state index contributed by atoms with van der Waals surface area (Å²) < 4.78 is 1.10. The van der Waals surface area contributed by atoms with Crippen molar-refractivity contribution in [1.29, 1.82) is 0 Å². The van der Waals surface area contributed by atoms with Crippen LogP contribution in [0.1, 0.15) is 38.8 Å². The van der Waals surface area contributed by atoms with Crippen LogP contribution in [0, 0.1) is 27.7 Å². The van der Waals surface area contributed by atoms with E-state index in [0.29, 0.717) is 0 Å². The van der Waals surface area contributed by atoms with Gasteiger partial charge >= 0.3 is 0 Å². The first kappa shape index (κ1) is 13.8. The summed E-state index contributed by atoms with van der Waals surface area (Å²) in [6, 6.07) is 6.29. The monoisotopic (exact) mass is 324 g/mol. The Bertz CT molecular complexity index is 567. The highest BCUT2D eigenvalue weighted by Gasteiger charge is 2.17. The minimum atomic E-state index is -0.528. The van der Waals surface area contributed by atoms with Gasteiger partial charge in [0.25, 0.3) is 0 Å². The van der Waals surface area contributed by atoms with Gasteiger partial charge in [-0.1, -0.05) is 12.1 Å². The minimum absolute atomic E-state index is 0.528. The van der Waals surface area contributed by atoms with E-state index in [4.69, 9.17) is 0 Å². The molecule has 0 aliphatic heterocycles. The zero-order chi connectivity index (χ0) is 13.4. The Balaban J connectivity index is 2.45. The summed E-state index contributed by atoms with van der Waals surface area (Å²) in [7, 11) is 0. The Labute approximate surface area is 121 Å². The molecule has 0 saturated carbocycles. The lowest BCUT2D eigenvalue weighted by molar-refractivity contribution is 0.223. The maximum atomic E-state index is 10.5. The second kappa shape index (κ2) is 5.16. The van der Waals surface area contributed by atoms with E-state index < -0.39 is 6.10 Å². The summed E-state index contributed by atoms with van der Waals surface area (Å²) in [4.78, 5) is 0.991. The van der Waals surface area contributed by atoms with E-state index >= 15 is 0 Å². The Morgan fingerprint density at radius 2 is 1.56 bits per heavy atom. The Morgan fingerprint density at radius 3 is 2.11 bits per heavy atom. The van der Waals surface area contributed by atoms with Crippen LogP contribution >= 0.6 is 27.3 Å². The van der Waals surface area contributed by atoms with Gasteiger partial charge in [-0.15, -0.1) is 11.3 Å². The van der Waals surface area contributed by atoms with Gasteiger partial charge in [-0.25, -0.2) is 0 Å². The van der Waals surface area contributed by atoms with Crippen molar-refractivity contribution in [2.45, 2.75) is 33.8 Å². The summed E-state index contributed by atoms with van der Waals surface area (Å²) in [6.07, 6.45) is -0.528. The van der Waals surface area contributed by atoms with Crippen LogP contribution < -0.4 is 0 Å². The normalized spacial score (nSPS) is 12.8. The SMILES string of the molecule is Cc1cc(C)c(C(O)c2cc(C)c(Br)s2)cc1C. The molecule has 3 heteroatoms. The smallest absolute Gasteiger partial charge is 0.113 e. The fourth-order valence-corrected chi connectivity index (χ4v) is 3.63. The molecule has 96 valence electrons. The van der Waals surface area contributed by atoms with Crippen molar-refractivity contribution in [3.8, 4) is 0 Å². The maximum Gasteiger partial charge on any atom is 0.113 e. The number of thiophene rings is 1. The van der Waals surface area contributed by atoms with Crippen molar-refractivity contribution in [2.24, 2.45) is 0 Å². The molecule has 18 heavy (non-hydrogen) atoms. The number of aliphatic hydroxyl groups excluding tert-OH is 1. The van der Waals surface area contributed by atoms with Crippen LogP contribution in [0.2, 0.25) is 0 Å². The third-order valence-corrected chi connectivity index (χ3v) is 5.51. The Hall–Kier alpha value is -0.640. The van der Waals surface area contributed by atoms with Gasteiger partial charge in [0.15, 0.2) is 0 Å². The van der Waals surface area contributed by atoms with Gasteiger partial charge in [0.05, 0.1) is 3.79 Å². The molecule has 1 atom stereocenters. The van der Waals surface area contributed by atoms with Crippen molar-refractivity contribution >= 4 is 27.3 Å². The van der Waals surface area contributed by atoms with Crippen molar-refractivity contribution in [3.63, 3.8) is 0 Å². The highest BCUT2D eigenvalue weighted by atomic mass is 79.9. The van der Waals surface area contributed by atoms with Crippen LogP contribution in [0.5, 0.6) is 0 Å². The number of aryl methyl sites for hydroxylation is 4. The molecular formula is C15H17BrOS. The lowest BCUT2D eigenvalue weighted by Crippen LogP contribution is -2.01. The third kappa shape index (κ3) is 2.53. The number of rotatable bonds is 2. The van der Waals surface area contributed by atoms with Gasteiger partial charge in [0.1, 0.15) is 6.10 Å². The standard InChI is InChI=1S/C15H17BrOS/c1-8-5-10(3)12(6-9(8)2)14(17)13-7-11(4)15(16)18-13/h5-7,14,17H,1-4H3. The van der Waals surface area contributed by atoms with Gasteiger partial charge in [-0.2, -0.15) is 0 Å². The summed E-state index contributed by atoms with van der Waals surface area (Å²) in [5.41, 5.74) is 5.82. The zero-order valence-electron chi connectivity index (χ0n) is 11.0. The van der Waals surface area contributed by atoms with E-state index in [2.05, 4.69) is 48.8 Å². The van der Waals surface area contributed by atoms with E-state index in [-0.39, 0.29) is 0 Å². The van der Waals surface area contributed by atoms with Crippen LogP contribution in [-0.4, -0.2) is 5.11 Å². The highest BCUT2D eigenvalue weighted by molar-refractivity contribution is 9.11. The molecule has 1 aromatic heterocycles. The molecule has 0 aliphatic rings. The number of benzene rings is 1. The van der Waals surface area contributed by atoms with Crippen LogP contribution in [0.15, 0.2) is 22.0 Å². The van der Waals surface area contributed by atoms with Gasteiger partial charge in [0.2, 0.25) is 0 Å². The molecular weight excluding hydrogens is 308 g/mol. The highest BCUT2D eigenvalue weighted by Crippen LogP contribution is 2.35. The van der Waals surface area contributed by atoms with E-state index in [1.807, 2.05) is 13.0 Å². The molecule has 0 aliphatic carbocycles. The van der Waals surface area contributed by atoms with Gasteiger partial charge in [0, 0.05) is 4.88 Å². The molecule has 1 nitrogen and oxygen atoms in total. The van der Waals surface area contributed by atoms with Crippen molar-refractivity contribution in [1.82, 2.24) is 0 Å². The molecule has 0 spiro atoms. The van der Waals surface area contributed by atoms with Gasteiger partial charge in [-0.05, 0) is 77.5 Å². The number of hydrogen-bond acceptors (Lipinski definition) is 2. The fourth-order valence-electron chi connectivity index (χ4n) is 2.05. The molecule has 0 saturated heterocycles.